The van der Waals surface area contributed by atoms with E-state index in [-0.39, 0.29) is 29.1 Å². The molecule has 0 aliphatic heterocycles. The van der Waals surface area contributed by atoms with Crippen LogP contribution in [0.15, 0.2) is 11.2 Å². The van der Waals surface area contributed by atoms with Crippen LogP contribution in [-0.2, 0) is 9.47 Å². The molecule has 2 amide bonds. The minimum absolute atomic E-state index is 0.0172. The van der Waals surface area contributed by atoms with Crippen molar-refractivity contribution in [2.75, 3.05) is 5.32 Å². The van der Waals surface area contributed by atoms with Crippen molar-refractivity contribution in [1.82, 2.24) is 20.6 Å². The number of alkyl carbamates (subject to hydrolysis) is 2. The average molecular weight is 487 g/mol. The molecule has 0 saturated heterocycles. The van der Waals surface area contributed by atoms with E-state index in [0.717, 1.165) is 19.0 Å². The lowest BCUT2D eigenvalue weighted by molar-refractivity contribution is 0.0544. The lowest BCUT2D eigenvalue weighted by atomic mass is 9.91. The first-order chi connectivity index (χ1) is 15.2. The van der Waals surface area contributed by atoms with Crippen molar-refractivity contribution in [1.29, 1.82) is 0 Å². The van der Waals surface area contributed by atoms with Crippen molar-refractivity contribution in [3.8, 4) is 0 Å². The normalized spacial score (nSPS) is 18.7. The number of aromatic nitrogens is 2. The van der Waals surface area contributed by atoms with Gasteiger partial charge in [0, 0.05) is 6.04 Å². The van der Waals surface area contributed by atoms with Crippen LogP contribution in [0.4, 0.5) is 19.8 Å². The van der Waals surface area contributed by atoms with E-state index in [1.165, 1.54) is 0 Å². The van der Waals surface area contributed by atoms with Crippen LogP contribution in [0, 0.1) is 5.82 Å². The molecule has 1 aromatic rings. The first-order valence-corrected chi connectivity index (χ1v) is 11.1. The predicted molar refractivity (Wildman–Crippen MR) is 123 cm³/mol. The minimum atomic E-state index is -0.763. The van der Waals surface area contributed by atoms with E-state index in [1.54, 1.807) is 41.5 Å². The Labute approximate surface area is 198 Å². The van der Waals surface area contributed by atoms with E-state index in [9.17, 15) is 14.0 Å². The topological polar surface area (TPSA) is 127 Å². The van der Waals surface area contributed by atoms with Crippen LogP contribution in [-0.4, -0.2) is 51.4 Å². The zero-order valence-electron chi connectivity index (χ0n) is 19.8. The maximum atomic E-state index is 14.0. The second-order valence-electron chi connectivity index (χ2n) is 9.73. The Morgan fingerprint density at radius 3 is 2.21 bits per heavy atom. The number of aliphatic imine (C=N–C) groups is 1. The number of carbonyl (C=O) groups is 2. The van der Waals surface area contributed by atoms with Gasteiger partial charge in [-0.25, -0.2) is 24.0 Å². The molecule has 10 nitrogen and oxygen atoms in total. The molecule has 0 radical (unpaired) electrons. The van der Waals surface area contributed by atoms with Gasteiger partial charge in [-0.05, 0) is 78.8 Å². The number of carbonyl (C=O) groups excluding carboxylic acids is 2. The van der Waals surface area contributed by atoms with Gasteiger partial charge < -0.3 is 14.8 Å². The monoisotopic (exact) mass is 486 g/mol. The molecule has 1 fully saturated rings. The number of anilines is 1. The van der Waals surface area contributed by atoms with Gasteiger partial charge in [-0.15, -0.1) is 0 Å². The third kappa shape index (κ3) is 10.2. The molecule has 33 heavy (non-hydrogen) atoms. The number of amides is 2. The van der Waals surface area contributed by atoms with Gasteiger partial charge in [0.05, 0.1) is 12.2 Å². The SMILES string of the molecule is CC(C)(C)OC(=O)NC(=N[C@@H]1CCCC(Nc2nc(Cl)ncc2F)C1)NC(=O)OC(C)(C)C. The molecule has 3 N–H and O–H groups in total. The van der Waals surface area contributed by atoms with Crippen LogP contribution < -0.4 is 16.0 Å². The number of hydrogen-bond acceptors (Lipinski definition) is 8. The minimum Gasteiger partial charge on any atom is -0.444 e. The molecule has 2 rings (SSSR count). The first-order valence-electron chi connectivity index (χ1n) is 10.7. The van der Waals surface area contributed by atoms with Gasteiger partial charge in [-0.1, -0.05) is 0 Å². The van der Waals surface area contributed by atoms with E-state index < -0.39 is 29.2 Å². The summed E-state index contributed by atoms with van der Waals surface area (Å²) in [5.74, 6) is -0.673. The van der Waals surface area contributed by atoms with Crippen LogP contribution >= 0.6 is 11.6 Å². The number of halogens is 2. The number of nitrogens with zero attached hydrogens (tertiary/aromatic N) is 3. The van der Waals surface area contributed by atoms with Crippen molar-refractivity contribution in [2.24, 2.45) is 4.99 Å². The van der Waals surface area contributed by atoms with Crippen molar-refractivity contribution < 1.29 is 23.5 Å². The highest BCUT2D eigenvalue weighted by Gasteiger charge is 2.26. The molecule has 184 valence electrons. The van der Waals surface area contributed by atoms with Gasteiger partial charge >= 0.3 is 12.2 Å². The summed E-state index contributed by atoms with van der Waals surface area (Å²) in [5, 5.41) is 7.93. The van der Waals surface area contributed by atoms with Gasteiger partial charge in [0.1, 0.15) is 11.2 Å². The summed E-state index contributed by atoms with van der Waals surface area (Å²) in [6.45, 7) is 10.3. The summed E-state index contributed by atoms with van der Waals surface area (Å²) < 4.78 is 24.5. The molecule has 1 heterocycles. The van der Waals surface area contributed by atoms with Gasteiger partial charge in [-0.2, -0.15) is 4.98 Å². The maximum absolute atomic E-state index is 14.0. The smallest absolute Gasteiger partial charge is 0.414 e. The lowest BCUT2D eigenvalue weighted by Crippen LogP contribution is -2.48. The summed E-state index contributed by atoms with van der Waals surface area (Å²) in [6.07, 6.45) is 2.25. The Kier molecular flexibility index (Phi) is 8.82. The van der Waals surface area contributed by atoms with Gasteiger partial charge in [0.2, 0.25) is 11.2 Å². The largest absolute Gasteiger partial charge is 0.444 e. The standard InChI is InChI=1S/C21H32ClFN6O4/c1-20(2,3)32-18(30)28-17(29-19(31)33-21(4,5)6)26-13-9-7-8-12(10-13)25-15-14(23)11-24-16(22)27-15/h11-13H,7-10H2,1-6H3,(H,24,25,27)(H2,26,28,29,30,31)/t12?,13-/m1/s1. The Morgan fingerprint density at radius 1 is 1.09 bits per heavy atom. The van der Waals surface area contributed by atoms with Gasteiger partial charge in [0.25, 0.3) is 0 Å². The second-order valence-corrected chi connectivity index (χ2v) is 10.1. The fraction of sp³-hybridized carbons (Fsp3) is 0.667. The number of hydrogen-bond donors (Lipinski definition) is 3. The van der Waals surface area contributed by atoms with Crippen molar-refractivity contribution in [2.45, 2.75) is 90.5 Å². The summed E-state index contributed by atoms with van der Waals surface area (Å²) in [4.78, 5) is 36.5. The van der Waals surface area contributed by atoms with Crippen LogP contribution in [0.5, 0.6) is 0 Å². The molecule has 12 heteroatoms. The number of guanidine groups is 1. The third-order valence-corrected chi connectivity index (χ3v) is 4.43. The summed E-state index contributed by atoms with van der Waals surface area (Å²) in [5.41, 5.74) is -1.46. The van der Waals surface area contributed by atoms with Crippen LogP contribution in [0.1, 0.15) is 67.2 Å². The quantitative estimate of drug-likeness (QED) is 0.328. The molecule has 1 aromatic heterocycles. The van der Waals surface area contributed by atoms with Crippen LogP contribution in [0.25, 0.3) is 0 Å². The van der Waals surface area contributed by atoms with Crippen molar-refractivity contribution in [3.05, 3.63) is 17.3 Å². The van der Waals surface area contributed by atoms with E-state index in [2.05, 4.69) is 30.9 Å². The zero-order chi connectivity index (χ0) is 24.8. The van der Waals surface area contributed by atoms with E-state index in [4.69, 9.17) is 21.1 Å². The molecule has 2 atom stereocenters. The maximum Gasteiger partial charge on any atom is 0.414 e. The van der Waals surface area contributed by atoms with Crippen molar-refractivity contribution >= 4 is 35.6 Å². The Balaban J connectivity index is 2.13. The summed E-state index contributed by atoms with van der Waals surface area (Å²) >= 11 is 5.77. The number of rotatable bonds is 3. The summed E-state index contributed by atoms with van der Waals surface area (Å²) in [7, 11) is 0. The Hall–Kier alpha value is -2.69. The first kappa shape index (κ1) is 26.6. The van der Waals surface area contributed by atoms with Gasteiger partial charge in [0.15, 0.2) is 11.6 Å². The highest BCUT2D eigenvalue weighted by Crippen LogP contribution is 2.25. The molecule has 1 unspecified atom stereocenters. The molecule has 1 saturated carbocycles. The Morgan fingerprint density at radius 2 is 1.67 bits per heavy atom. The molecular formula is C21H32ClFN6O4. The van der Waals surface area contributed by atoms with E-state index >= 15 is 0 Å². The lowest BCUT2D eigenvalue weighted by Gasteiger charge is -2.29. The van der Waals surface area contributed by atoms with Crippen LogP contribution in [0.3, 0.4) is 0 Å². The third-order valence-electron chi connectivity index (χ3n) is 4.25. The zero-order valence-corrected chi connectivity index (χ0v) is 20.5. The number of nitrogens with one attached hydrogen (secondary N) is 3. The predicted octanol–water partition coefficient (Wildman–Crippen LogP) is 4.40. The summed E-state index contributed by atoms with van der Waals surface area (Å²) in [6, 6.07) is -0.409. The fourth-order valence-corrected chi connectivity index (χ4v) is 3.26. The van der Waals surface area contributed by atoms with E-state index in [0.29, 0.717) is 12.8 Å². The van der Waals surface area contributed by atoms with E-state index in [1.807, 2.05) is 0 Å². The fourth-order valence-electron chi connectivity index (χ4n) is 3.13. The number of ether oxygens (including phenoxy) is 2. The molecular weight excluding hydrogens is 455 g/mol. The van der Waals surface area contributed by atoms with Gasteiger partial charge in [-0.3, -0.25) is 10.6 Å². The highest BCUT2D eigenvalue weighted by atomic mass is 35.5. The van der Waals surface area contributed by atoms with Crippen LogP contribution in [0.2, 0.25) is 5.28 Å². The Bertz CT molecular complexity index is 852. The molecule has 1 aliphatic carbocycles. The molecule has 0 spiro atoms. The van der Waals surface area contributed by atoms with Crippen molar-refractivity contribution in [3.63, 3.8) is 0 Å². The molecule has 0 bridgehead atoms. The highest BCUT2D eigenvalue weighted by molar-refractivity contribution is 6.28. The molecule has 1 aliphatic rings. The molecule has 0 aromatic carbocycles. The second kappa shape index (κ2) is 11.0. The average Bonchev–Trinajstić information content (AvgIpc) is 2.61.